The number of hydrogen-bond acceptors (Lipinski definition) is 7. The number of nitrogens with zero attached hydrogens (tertiary/aromatic N) is 3. The van der Waals surface area contributed by atoms with Crippen LogP contribution in [0.3, 0.4) is 0 Å². The zero-order valence-corrected chi connectivity index (χ0v) is 13.4. The summed E-state index contributed by atoms with van der Waals surface area (Å²) in [5.41, 5.74) is 5.94. The summed E-state index contributed by atoms with van der Waals surface area (Å²) >= 11 is 1.17. The second-order valence-electron chi connectivity index (χ2n) is 5.17. The molecule has 1 aliphatic rings. The minimum absolute atomic E-state index is 0.0844. The van der Waals surface area contributed by atoms with Gasteiger partial charge in [-0.15, -0.1) is 11.3 Å². The first kappa shape index (κ1) is 15.1. The van der Waals surface area contributed by atoms with E-state index in [-0.39, 0.29) is 21.5 Å². The molecule has 2 heterocycles. The fourth-order valence-electron chi connectivity index (χ4n) is 2.49. The van der Waals surface area contributed by atoms with Crippen molar-refractivity contribution < 1.29 is 8.42 Å². The first-order chi connectivity index (χ1) is 9.25. The minimum atomic E-state index is -3.46. The molecule has 20 heavy (non-hydrogen) atoms. The number of anilines is 2. The topological polar surface area (TPSA) is 90.4 Å². The Kier molecular flexibility index (Phi) is 3.95. The highest BCUT2D eigenvalue weighted by Crippen LogP contribution is 2.42. The van der Waals surface area contributed by atoms with Crippen LogP contribution in [0, 0.1) is 11.3 Å². The predicted octanol–water partition coefficient (Wildman–Crippen LogP) is 0.746. The molecule has 2 rings (SSSR count). The van der Waals surface area contributed by atoms with Crippen LogP contribution in [-0.4, -0.2) is 52.3 Å². The molecule has 2 N–H and O–H groups in total. The summed E-state index contributed by atoms with van der Waals surface area (Å²) in [4.78, 5) is 4.61. The maximum Gasteiger partial charge on any atom is 0.180 e. The molecule has 1 atom stereocenters. The molecule has 1 aliphatic heterocycles. The third-order valence-electron chi connectivity index (χ3n) is 3.45. The van der Waals surface area contributed by atoms with Gasteiger partial charge >= 0.3 is 0 Å². The number of piperazine rings is 1. The molecule has 0 radical (unpaired) electrons. The van der Waals surface area contributed by atoms with Gasteiger partial charge in [-0.1, -0.05) is 0 Å². The average Bonchev–Trinajstić information content (AvgIpc) is 2.65. The molecule has 0 saturated carbocycles. The van der Waals surface area contributed by atoms with Gasteiger partial charge in [0.1, 0.15) is 20.8 Å². The molecule has 6 nitrogen and oxygen atoms in total. The lowest BCUT2D eigenvalue weighted by Gasteiger charge is -2.39. The largest absolute Gasteiger partial charge is 0.396 e. The summed E-state index contributed by atoms with van der Waals surface area (Å²) in [5, 5.41) is 9.69. The quantitative estimate of drug-likeness (QED) is 0.866. The summed E-state index contributed by atoms with van der Waals surface area (Å²) in [6, 6.07) is 2.16. The molecule has 0 aromatic carbocycles. The van der Waals surface area contributed by atoms with Crippen molar-refractivity contribution in [2.45, 2.75) is 17.9 Å². The van der Waals surface area contributed by atoms with Crippen LogP contribution >= 0.6 is 11.3 Å². The van der Waals surface area contributed by atoms with Gasteiger partial charge < -0.3 is 15.5 Å². The van der Waals surface area contributed by atoms with Gasteiger partial charge in [0.25, 0.3) is 0 Å². The molecule has 0 amide bonds. The number of sulfone groups is 1. The van der Waals surface area contributed by atoms with Crippen molar-refractivity contribution in [3.63, 3.8) is 0 Å². The van der Waals surface area contributed by atoms with E-state index in [1.807, 2.05) is 24.9 Å². The van der Waals surface area contributed by atoms with E-state index in [2.05, 4.69) is 4.90 Å². The van der Waals surface area contributed by atoms with Crippen LogP contribution in [0.2, 0.25) is 0 Å². The van der Waals surface area contributed by atoms with E-state index < -0.39 is 9.84 Å². The average molecular weight is 314 g/mol. The van der Waals surface area contributed by atoms with E-state index in [1.54, 1.807) is 0 Å². The number of likely N-dealkylation sites (N-methyl/N-ethyl adjacent to an activating group) is 1. The molecule has 8 heteroatoms. The van der Waals surface area contributed by atoms with Crippen molar-refractivity contribution >= 4 is 31.9 Å². The number of nitrogens with two attached hydrogens (primary N) is 1. The third kappa shape index (κ3) is 2.61. The van der Waals surface area contributed by atoms with E-state index >= 15 is 0 Å². The maximum atomic E-state index is 12.0. The second kappa shape index (κ2) is 5.24. The zero-order valence-electron chi connectivity index (χ0n) is 11.8. The van der Waals surface area contributed by atoms with Crippen LogP contribution in [0.4, 0.5) is 10.7 Å². The van der Waals surface area contributed by atoms with Crippen LogP contribution in [-0.2, 0) is 9.84 Å². The van der Waals surface area contributed by atoms with Gasteiger partial charge in [0.05, 0.1) is 5.69 Å². The molecule has 1 unspecified atom stereocenters. The lowest BCUT2D eigenvalue weighted by Crippen LogP contribution is -2.50. The monoisotopic (exact) mass is 314 g/mol. The number of thiophene rings is 1. The van der Waals surface area contributed by atoms with Crippen LogP contribution in [0.15, 0.2) is 4.90 Å². The van der Waals surface area contributed by atoms with Crippen LogP contribution in [0.1, 0.15) is 11.8 Å². The number of hydrogen-bond donors (Lipinski definition) is 1. The Morgan fingerprint density at radius 1 is 1.45 bits per heavy atom. The summed E-state index contributed by atoms with van der Waals surface area (Å²) < 4.78 is 24.0. The highest BCUT2D eigenvalue weighted by atomic mass is 32.2. The van der Waals surface area contributed by atoms with Gasteiger partial charge in [0, 0.05) is 31.9 Å². The molecule has 1 fully saturated rings. The summed E-state index contributed by atoms with van der Waals surface area (Å²) in [6.45, 7) is 4.48. The first-order valence-electron chi connectivity index (χ1n) is 6.23. The van der Waals surface area contributed by atoms with Crippen LogP contribution in [0.5, 0.6) is 0 Å². The van der Waals surface area contributed by atoms with E-state index in [9.17, 15) is 8.42 Å². The van der Waals surface area contributed by atoms with Gasteiger partial charge in [-0.3, -0.25) is 0 Å². The molecular weight excluding hydrogens is 296 g/mol. The Bertz CT molecular complexity index is 660. The molecule has 110 valence electrons. The Labute approximate surface area is 123 Å². The Hall–Kier alpha value is -1.30. The molecule has 0 bridgehead atoms. The summed E-state index contributed by atoms with van der Waals surface area (Å²) in [7, 11) is -1.42. The zero-order chi connectivity index (χ0) is 15.1. The van der Waals surface area contributed by atoms with E-state index in [1.165, 1.54) is 11.3 Å². The van der Waals surface area contributed by atoms with Gasteiger partial charge in [-0.2, -0.15) is 5.26 Å². The van der Waals surface area contributed by atoms with Crippen molar-refractivity contribution in [1.29, 1.82) is 5.26 Å². The van der Waals surface area contributed by atoms with E-state index in [0.29, 0.717) is 5.00 Å². The van der Waals surface area contributed by atoms with Crippen LogP contribution < -0.4 is 10.6 Å². The normalized spacial score (nSPS) is 20.9. The molecule has 1 saturated heterocycles. The van der Waals surface area contributed by atoms with E-state index in [4.69, 9.17) is 11.0 Å². The number of nitriles is 1. The van der Waals surface area contributed by atoms with Crippen molar-refractivity contribution in [2.75, 3.05) is 43.6 Å². The van der Waals surface area contributed by atoms with Crippen molar-refractivity contribution in [1.82, 2.24) is 4.90 Å². The molecule has 0 spiro atoms. The predicted molar refractivity (Wildman–Crippen MR) is 80.9 cm³/mol. The van der Waals surface area contributed by atoms with E-state index in [0.717, 1.165) is 25.9 Å². The molecular formula is C12H18N4O2S2. The Balaban J connectivity index is 2.55. The van der Waals surface area contributed by atoms with Gasteiger partial charge in [-0.25, -0.2) is 8.42 Å². The smallest absolute Gasteiger partial charge is 0.180 e. The highest BCUT2D eigenvalue weighted by molar-refractivity contribution is 7.91. The Morgan fingerprint density at radius 2 is 2.10 bits per heavy atom. The summed E-state index contributed by atoms with van der Waals surface area (Å²) in [5.74, 6) is 0. The standard InChI is InChI=1S/C12H18N4O2S2/c1-8-7-15(2)4-5-16(8)12-11(20(3,17)18)10(14)9(6-13)19-12/h8H,4-5,7,14H2,1-3H3. The van der Waals surface area contributed by atoms with Crippen molar-refractivity contribution in [2.24, 2.45) is 0 Å². The second-order valence-corrected chi connectivity index (χ2v) is 8.12. The number of nitrogen functional groups attached to an aromatic ring is 1. The molecule has 0 aliphatic carbocycles. The lowest BCUT2D eigenvalue weighted by molar-refractivity contribution is 0.276. The van der Waals surface area contributed by atoms with Gasteiger partial charge in [0.2, 0.25) is 0 Å². The van der Waals surface area contributed by atoms with Gasteiger partial charge in [0.15, 0.2) is 9.84 Å². The number of rotatable bonds is 2. The van der Waals surface area contributed by atoms with Crippen LogP contribution in [0.25, 0.3) is 0 Å². The molecule has 1 aromatic heterocycles. The van der Waals surface area contributed by atoms with Crippen molar-refractivity contribution in [3.8, 4) is 6.07 Å². The van der Waals surface area contributed by atoms with Gasteiger partial charge in [-0.05, 0) is 14.0 Å². The SMILES string of the molecule is CC1CN(C)CCN1c1sc(C#N)c(N)c1S(C)(=O)=O. The first-order valence-corrected chi connectivity index (χ1v) is 8.94. The molecule has 1 aromatic rings. The minimum Gasteiger partial charge on any atom is -0.396 e. The third-order valence-corrected chi connectivity index (χ3v) is 5.88. The fourth-order valence-corrected chi connectivity index (χ4v) is 5.11. The fraction of sp³-hybridized carbons (Fsp3) is 0.583. The highest BCUT2D eigenvalue weighted by Gasteiger charge is 2.31. The lowest BCUT2D eigenvalue weighted by atomic mass is 10.2. The maximum absolute atomic E-state index is 12.0. The van der Waals surface area contributed by atoms with Crippen molar-refractivity contribution in [3.05, 3.63) is 4.88 Å². The summed E-state index contributed by atoms with van der Waals surface area (Å²) in [6.07, 6.45) is 1.14. The Morgan fingerprint density at radius 3 is 2.60 bits per heavy atom.